The van der Waals surface area contributed by atoms with Crippen LogP contribution in [0.3, 0.4) is 0 Å². The van der Waals surface area contributed by atoms with Crippen LogP contribution in [-0.4, -0.2) is 23.5 Å². The van der Waals surface area contributed by atoms with E-state index >= 15 is 0 Å². The second-order valence-electron chi connectivity index (χ2n) is 2.82. The molecule has 0 unspecified atom stereocenters. The average Bonchev–Trinajstić information content (AvgIpc) is 2.59. The van der Waals surface area contributed by atoms with Gasteiger partial charge in [0.05, 0.1) is 19.3 Å². The van der Waals surface area contributed by atoms with E-state index < -0.39 is 0 Å². The minimum atomic E-state index is 0.728. The quantitative estimate of drug-likeness (QED) is 0.743. The molecule has 1 aromatic heterocycles. The molecule has 0 aliphatic rings. The van der Waals surface area contributed by atoms with E-state index in [9.17, 15) is 0 Å². The zero-order valence-corrected chi connectivity index (χ0v) is 10.0. The van der Waals surface area contributed by atoms with Gasteiger partial charge in [-0.3, -0.25) is 4.68 Å². The number of rotatable bonds is 4. The van der Waals surface area contributed by atoms with E-state index in [0.717, 1.165) is 19.6 Å². The molecule has 0 bridgehead atoms. The number of nitrogens with zero attached hydrogens (tertiary/aromatic N) is 2. The van der Waals surface area contributed by atoms with Crippen LogP contribution in [0.5, 0.6) is 0 Å². The van der Waals surface area contributed by atoms with Crippen molar-refractivity contribution in [1.29, 1.82) is 0 Å². The Bertz CT molecular complexity index is 243. The molecular formula is C11H22N2O. The molecule has 0 fully saturated rings. The van der Waals surface area contributed by atoms with Gasteiger partial charge in [-0.1, -0.05) is 20.8 Å². The van der Waals surface area contributed by atoms with Crippen molar-refractivity contribution < 1.29 is 4.74 Å². The van der Waals surface area contributed by atoms with Crippen LogP contribution in [0.25, 0.3) is 0 Å². The van der Waals surface area contributed by atoms with Crippen LogP contribution >= 0.6 is 0 Å². The van der Waals surface area contributed by atoms with Crippen molar-refractivity contribution in [3.05, 3.63) is 17.5 Å². The second kappa shape index (κ2) is 7.56. The third-order valence-corrected chi connectivity index (χ3v) is 2.09. The molecule has 3 heteroatoms. The van der Waals surface area contributed by atoms with Gasteiger partial charge >= 0.3 is 0 Å². The number of aromatic nitrogens is 2. The van der Waals surface area contributed by atoms with Crippen molar-refractivity contribution >= 4 is 0 Å². The van der Waals surface area contributed by atoms with Gasteiger partial charge in [0.25, 0.3) is 0 Å². The molecule has 0 spiro atoms. The molecule has 0 N–H and O–H groups in total. The van der Waals surface area contributed by atoms with Gasteiger partial charge in [-0.05, 0) is 18.9 Å². The van der Waals surface area contributed by atoms with Crippen molar-refractivity contribution in [3.8, 4) is 0 Å². The first-order valence-corrected chi connectivity index (χ1v) is 5.29. The first-order chi connectivity index (χ1) is 6.79. The lowest BCUT2D eigenvalue weighted by Gasteiger charge is -2.03. The molecule has 0 aromatic carbocycles. The molecule has 1 rings (SSSR count). The maximum Gasteiger partial charge on any atom is 0.0658 e. The van der Waals surface area contributed by atoms with Crippen molar-refractivity contribution in [3.63, 3.8) is 0 Å². The Morgan fingerprint density at radius 1 is 1.43 bits per heavy atom. The number of aryl methyl sites for hydroxylation is 1. The molecule has 0 aliphatic carbocycles. The zero-order valence-electron chi connectivity index (χ0n) is 10.0. The molecule has 0 radical (unpaired) electrons. The van der Waals surface area contributed by atoms with Crippen LogP contribution in [0.2, 0.25) is 0 Å². The fraction of sp³-hybridized carbons (Fsp3) is 0.727. The molecule has 1 heterocycles. The lowest BCUT2D eigenvalue weighted by atomic mass is 10.2. The topological polar surface area (TPSA) is 27.1 Å². The van der Waals surface area contributed by atoms with E-state index in [-0.39, 0.29) is 0 Å². The highest BCUT2D eigenvalue weighted by Crippen LogP contribution is 2.06. The minimum Gasteiger partial charge on any atom is -0.383 e. The summed E-state index contributed by atoms with van der Waals surface area (Å²) in [5, 5.41) is 4.26. The normalized spacial score (nSPS) is 9.50. The summed E-state index contributed by atoms with van der Waals surface area (Å²) in [5.41, 5.74) is 2.58. The maximum absolute atomic E-state index is 4.98. The summed E-state index contributed by atoms with van der Waals surface area (Å²) < 4.78 is 6.97. The Hall–Kier alpha value is -0.830. The Morgan fingerprint density at radius 2 is 2.07 bits per heavy atom. The Kier molecular flexibility index (Phi) is 7.11. The third kappa shape index (κ3) is 3.50. The predicted molar refractivity (Wildman–Crippen MR) is 59.6 cm³/mol. The summed E-state index contributed by atoms with van der Waals surface area (Å²) in [6.07, 6.45) is 2.99. The van der Waals surface area contributed by atoms with Gasteiger partial charge in [0.15, 0.2) is 0 Å². The Balaban J connectivity index is 0.000000791. The summed E-state index contributed by atoms with van der Waals surface area (Å²) in [5.74, 6) is 0. The monoisotopic (exact) mass is 198 g/mol. The molecule has 0 atom stereocenters. The predicted octanol–water partition coefficient (Wildman–Crippen LogP) is 2.43. The molecule has 1 aromatic rings. The van der Waals surface area contributed by atoms with E-state index in [1.807, 2.05) is 24.7 Å². The highest BCUT2D eigenvalue weighted by atomic mass is 16.5. The van der Waals surface area contributed by atoms with Crippen molar-refractivity contribution in [2.75, 3.05) is 13.7 Å². The lowest BCUT2D eigenvalue weighted by molar-refractivity contribution is 0.183. The van der Waals surface area contributed by atoms with E-state index in [4.69, 9.17) is 4.74 Å². The van der Waals surface area contributed by atoms with Gasteiger partial charge in [-0.25, -0.2) is 0 Å². The highest BCUT2D eigenvalue weighted by molar-refractivity contribution is 5.15. The molecule has 14 heavy (non-hydrogen) atoms. The van der Waals surface area contributed by atoms with E-state index in [1.165, 1.54) is 11.3 Å². The minimum absolute atomic E-state index is 0.728. The van der Waals surface area contributed by atoms with Gasteiger partial charge in [-0.2, -0.15) is 5.10 Å². The van der Waals surface area contributed by atoms with Crippen LogP contribution in [0.1, 0.15) is 32.0 Å². The Morgan fingerprint density at radius 3 is 2.50 bits per heavy atom. The van der Waals surface area contributed by atoms with Crippen LogP contribution in [0, 0.1) is 6.92 Å². The van der Waals surface area contributed by atoms with Crippen molar-refractivity contribution in [1.82, 2.24) is 9.78 Å². The van der Waals surface area contributed by atoms with Gasteiger partial charge in [0.2, 0.25) is 0 Å². The summed E-state index contributed by atoms with van der Waals surface area (Å²) in [7, 11) is 1.71. The molecule has 0 aliphatic heterocycles. The van der Waals surface area contributed by atoms with Crippen LogP contribution in [0.15, 0.2) is 6.20 Å². The largest absolute Gasteiger partial charge is 0.383 e. The summed E-state index contributed by atoms with van der Waals surface area (Å²) in [4.78, 5) is 0. The number of methoxy groups -OCH3 is 1. The smallest absolute Gasteiger partial charge is 0.0658 e. The second-order valence-corrected chi connectivity index (χ2v) is 2.82. The average molecular weight is 198 g/mol. The maximum atomic E-state index is 4.98. The number of ether oxygens (including phenoxy) is 1. The number of hydrogen-bond acceptors (Lipinski definition) is 2. The summed E-state index contributed by atoms with van der Waals surface area (Å²) in [6.45, 7) is 9.82. The van der Waals surface area contributed by atoms with Gasteiger partial charge in [0.1, 0.15) is 0 Å². The molecular weight excluding hydrogens is 176 g/mol. The first kappa shape index (κ1) is 13.2. The third-order valence-electron chi connectivity index (χ3n) is 2.09. The highest BCUT2D eigenvalue weighted by Gasteiger charge is 2.02. The SMILES string of the molecule is CC.CCc1cnn(CCOC)c1C. The van der Waals surface area contributed by atoms with Gasteiger partial charge in [0, 0.05) is 12.8 Å². The van der Waals surface area contributed by atoms with Gasteiger partial charge in [-0.15, -0.1) is 0 Å². The molecule has 3 nitrogen and oxygen atoms in total. The standard InChI is InChI=1S/C9H16N2O.C2H6/c1-4-9-7-10-11(8(9)2)5-6-12-3;1-2/h7H,4-6H2,1-3H3;1-2H3. The van der Waals surface area contributed by atoms with Crippen molar-refractivity contribution in [2.24, 2.45) is 0 Å². The van der Waals surface area contributed by atoms with E-state index in [2.05, 4.69) is 18.9 Å². The van der Waals surface area contributed by atoms with Gasteiger partial charge < -0.3 is 4.74 Å². The van der Waals surface area contributed by atoms with Crippen LogP contribution in [0.4, 0.5) is 0 Å². The van der Waals surface area contributed by atoms with Crippen molar-refractivity contribution in [2.45, 2.75) is 40.7 Å². The molecule has 0 amide bonds. The van der Waals surface area contributed by atoms with Crippen LogP contribution in [-0.2, 0) is 17.7 Å². The summed E-state index contributed by atoms with van der Waals surface area (Å²) in [6, 6.07) is 0. The number of hydrogen-bond donors (Lipinski definition) is 0. The molecule has 0 saturated heterocycles. The van der Waals surface area contributed by atoms with E-state index in [0.29, 0.717) is 0 Å². The Labute approximate surface area is 87.1 Å². The lowest BCUT2D eigenvalue weighted by Crippen LogP contribution is -2.07. The van der Waals surface area contributed by atoms with Crippen LogP contribution < -0.4 is 0 Å². The fourth-order valence-corrected chi connectivity index (χ4v) is 1.24. The fourth-order valence-electron chi connectivity index (χ4n) is 1.24. The molecule has 82 valence electrons. The zero-order chi connectivity index (χ0) is 11.0. The first-order valence-electron chi connectivity index (χ1n) is 5.29. The van der Waals surface area contributed by atoms with E-state index in [1.54, 1.807) is 7.11 Å². The molecule has 0 saturated carbocycles. The summed E-state index contributed by atoms with van der Waals surface area (Å²) >= 11 is 0.